The van der Waals surface area contributed by atoms with E-state index in [1.54, 1.807) is 25.5 Å². The molecule has 2 N–H and O–H groups in total. The zero-order chi connectivity index (χ0) is 20.7. The monoisotopic (exact) mass is 407 g/mol. The molecule has 3 aromatic rings. The maximum absolute atomic E-state index is 13.2. The van der Waals surface area contributed by atoms with Gasteiger partial charge in [0.15, 0.2) is 0 Å². The van der Waals surface area contributed by atoms with E-state index in [0.717, 1.165) is 44.6 Å². The summed E-state index contributed by atoms with van der Waals surface area (Å²) in [5.41, 5.74) is 0.999. The van der Waals surface area contributed by atoms with E-state index in [-0.39, 0.29) is 17.5 Å². The van der Waals surface area contributed by atoms with E-state index in [9.17, 15) is 4.79 Å². The van der Waals surface area contributed by atoms with Gasteiger partial charge >= 0.3 is 0 Å². The van der Waals surface area contributed by atoms with Crippen LogP contribution in [-0.4, -0.2) is 50.5 Å². The molecule has 0 spiro atoms. The lowest BCUT2D eigenvalue weighted by Gasteiger charge is -2.32. The highest BCUT2D eigenvalue weighted by molar-refractivity contribution is 6.10. The molecule has 0 aromatic carbocycles. The van der Waals surface area contributed by atoms with Gasteiger partial charge in [-0.15, -0.1) is 0 Å². The maximum Gasteiger partial charge on any atom is 0.255 e. The molecule has 0 bridgehead atoms. The van der Waals surface area contributed by atoms with Crippen molar-refractivity contribution in [2.75, 3.05) is 23.3 Å². The van der Waals surface area contributed by atoms with Crippen molar-refractivity contribution >= 4 is 28.6 Å². The SMILES string of the molecule is Cc1oc2ncnc(NC3(C)CC3)c2c1C(=O)NC1CCN(c2cnccn2)CC1. The topological polar surface area (TPSA) is 109 Å². The molecule has 1 aliphatic heterocycles. The van der Waals surface area contributed by atoms with Gasteiger partial charge in [0.05, 0.1) is 17.1 Å². The van der Waals surface area contributed by atoms with E-state index in [0.29, 0.717) is 28.2 Å². The number of nitrogens with zero attached hydrogens (tertiary/aromatic N) is 5. The molecule has 0 unspecified atom stereocenters. The molecule has 2 aliphatic rings. The van der Waals surface area contributed by atoms with Crippen LogP contribution in [0.4, 0.5) is 11.6 Å². The lowest BCUT2D eigenvalue weighted by molar-refractivity contribution is 0.0931. The Morgan fingerprint density at radius 3 is 2.70 bits per heavy atom. The third kappa shape index (κ3) is 3.55. The molecule has 1 amide bonds. The minimum Gasteiger partial charge on any atom is -0.442 e. The van der Waals surface area contributed by atoms with Crippen LogP contribution in [-0.2, 0) is 0 Å². The number of carbonyl (C=O) groups excluding carboxylic acids is 1. The second-order valence-corrected chi connectivity index (χ2v) is 8.42. The summed E-state index contributed by atoms with van der Waals surface area (Å²) in [5.74, 6) is 1.96. The van der Waals surface area contributed by atoms with Crippen molar-refractivity contribution < 1.29 is 9.21 Å². The van der Waals surface area contributed by atoms with Crippen molar-refractivity contribution in [2.24, 2.45) is 0 Å². The summed E-state index contributed by atoms with van der Waals surface area (Å²) < 4.78 is 5.78. The molecule has 30 heavy (non-hydrogen) atoms. The molecule has 0 atom stereocenters. The smallest absolute Gasteiger partial charge is 0.255 e. The lowest BCUT2D eigenvalue weighted by Crippen LogP contribution is -2.45. The van der Waals surface area contributed by atoms with Gasteiger partial charge < -0.3 is 20.0 Å². The molecule has 1 saturated heterocycles. The number of rotatable bonds is 5. The maximum atomic E-state index is 13.2. The fourth-order valence-electron chi connectivity index (χ4n) is 3.98. The molecule has 156 valence electrons. The number of aromatic nitrogens is 4. The molecule has 2 fully saturated rings. The van der Waals surface area contributed by atoms with E-state index >= 15 is 0 Å². The van der Waals surface area contributed by atoms with Crippen molar-refractivity contribution in [2.45, 2.75) is 51.1 Å². The molecular weight excluding hydrogens is 382 g/mol. The number of amides is 1. The third-order valence-corrected chi connectivity index (χ3v) is 6.02. The Morgan fingerprint density at radius 2 is 2.00 bits per heavy atom. The molecule has 4 heterocycles. The van der Waals surface area contributed by atoms with Crippen LogP contribution in [0.3, 0.4) is 0 Å². The Kier molecular flexibility index (Phi) is 4.52. The van der Waals surface area contributed by atoms with Crippen molar-refractivity contribution in [3.8, 4) is 0 Å². The van der Waals surface area contributed by atoms with E-state index < -0.39 is 0 Å². The molecule has 9 nitrogen and oxygen atoms in total. The van der Waals surface area contributed by atoms with Crippen molar-refractivity contribution in [3.05, 3.63) is 36.2 Å². The number of nitrogens with one attached hydrogen (secondary N) is 2. The second kappa shape index (κ2) is 7.23. The zero-order valence-electron chi connectivity index (χ0n) is 17.2. The summed E-state index contributed by atoms with van der Waals surface area (Å²) in [7, 11) is 0. The normalized spacial score (nSPS) is 18.4. The minimum atomic E-state index is -0.136. The average Bonchev–Trinajstić information content (AvgIpc) is 3.37. The predicted molar refractivity (Wildman–Crippen MR) is 113 cm³/mol. The summed E-state index contributed by atoms with van der Waals surface area (Å²) in [6, 6.07) is 0.0942. The quantitative estimate of drug-likeness (QED) is 0.664. The Hall–Kier alpha value is -3.23. The Morgan fingerprint density at radius 1 is 1.20 bits per heavy atom. The first-order chi connectivity index (χ1) is 14.5. The fraction of sp³-hybridized carbons (Fsp3) is 0.476. The average molecular weight is 407 g/mol. The Labute approximate surface area is 174 Å². The molecule has 3 aromatic heterocycles. The van der Waals surface area contributed by atoms with Crippen LogP contribution in [0.2, 0.25) is 0 Å². The summed E-state index contributed by atoms with van der Waals surface area (Å²) in [4.78, 5) is 32.5. The van der Waals surface area contributed by atoms with Crippen LogP contribution in [0.15, 0.2) is 29.3 Å². The molecule has 9 heteroatoms. The fourth-order valence-corrected chi connectivity index (χ4v) is 3.98. The second-order valence-electron chi connectivity index (χ2n) is 8.42. The van der Waals surface area contributed by atoms with E-state index in [1.165, 1.54) is 6.33 Å². The van der Waals surface area contributed by atoms with E-state index in [4.69, 9.17) is 4.42 Å². The van der Waals surface area contributed by atoms with Gasteiger partial charge in [-0.3, -0.25) is 9.78 Å². The van der Waals surface area contributed by atoms with Crippen LogP contribution in [0.25, 0.3) is 11.1 Å². The number of piperidine rings is 1. The van der Waals surface area contributed by atoms with Crippen LogP contribution in [0.1, 0.15) is 48.7 Å². The van der Waals surface area contributed by atoms with Gasteiger partial charge in [-0.25, -0.2) is 15.0 Å². The van der Waals surface area contributed by atoms with E-state index in [1.807, 2.05) is 0 Å². The Bertz CT molecular complexity index is 1070. The van der Waals surface area contributed by atoms with Crippen molar-refractivity contribution in [1.82, 2.24) is 25.3 Å². The molecular formula is C21H25N7O2. The summed E-state index contributed by atoms with van der Waals surface area (Å²) in [6.45, 7) is 5.60. The van der Waals surface area contributed by atoms with Gasteiger partial charge in [-0.2, -0.15) is 0 Å². The van der Waals surface area contributed by atoms with Crippen molar-refractivity contribution in [3.63, 3.8) is 0 Å². The van der Waals surface area contributed by atoms with Gasteiger partial charge in [-0.05, 0) is 39.5 Å². The number of aryl methyl sites for hydroxylation is 1. The Balaban J connectivity index is 1.32. The van der Waals surface area contributed by atoms with Gasteiger partial charge in [0.1, 0.15) is 23.7 Å². The van der Waals surface area contributed by atoms with E-state index in [2.05, 4.69) is 42.4 Å². The number of hydrogen-bond donors (Lipinski definition) is 2. The van der Waals surface area contributed by atoms with Gasteiger partial charge in [0.2, 0.25) is 5.71 Å². The number of hydrogen-bond acceptors (Lipinski definition) is 8. The van der Waals surface area contributed by atoms with Crippen LogP contribution in [0, 0.1) is 6.92 Å². The first-order valence-electron chi connectivity index (χ1n) is 10.4. The van der Waals surface area contributed by atoms with Gasteiger partial charge in [-0.1, -0.05) is 0 Å². The number of carbonyl (C=O) groups is 1. The summed E-state index contributed by atoms with van der Waals surface area (Å²) >= 11 is 0. The third-order valence-electron chi connectivity index (χ3n) is 6.02. The zero-order valence-corrected chi connectivity index (χ0v) is 17.2. The van der Waals surface area contributed by atoms with Crippen molar-refractivity contribution in [1.29, 1.82) is 0 Å². The highest BCUT2D eigenvalue weighted by Crippen LogP contribution is 2.40. The standard InChI is InChI=1S/C21H25N7O2/c1-13-16(17-18(27-21(2)5-6-21)24-12-25-20(17)30-13)19(29)26-14-3-9-28(10-4-14)15-11-22-7-8-23-15/h7-8,11-12,14H,3-6,9-10H2,1-2H3,(H,26,29)(H,24,25,27). The first kappa shape index (κ1) is 18.8. The van der Waals surface area contributed by atoms with Crippen LogP contribution >= 0.6 is 0 Å². The highest BCUT2D eigenvalue weighted by atomic mass is 16.3. The minimum absolute atomic E-state index is 0.0351. The number of fused-ring (bicyclic) bond motifs is 1. The van der Waals surface area contributed by atoms with Gasteiger partial charge in [0.25, 0.3) is 5.91 Å². The number of anilines is 2. The molecule has 5 rings (SSSR count). The predicted octanol–water partition coefficient (Wildman–Crippen LogP) is 2.68. The molecule has 1 saturated carbocycles. The number of furan rings is 1. The summed E-state index contributed by atoms with van der Waals surface area (Å²) in [6.07, 6.45) is 10.5. The molecule has 0 radical (unpaired) electrons. The van der Waals surface area contributed by atoms with Crippen LogP contribution in [0.5, 0.6) is 0 Å². The largest absolute Gasteiger partial charge is 0.442 e. The van der Waals surface area contributed by atoms with Crippen LogP contribution < -0.4 is 15.5 Å². The first-order valence-corrected chi connectivity index (χ1v) is 10.4. The summed E-state index contributed by atoms with van der Waals surface area (Å²) in [5, 5.41) is 7.31. The lowest BCUT2D eigenvalue weighted by atomic mass is 10.0. The van der Waals surface area contributed by atoms with Gasteiger partial charge in [0, 0.05) is 37.1 Å². The highest BCUT2D eigenvalue weighted by Gasteiger charge is 2.38. The molecule has 1 aliphatic carbocycles.